The quantitative estimate of drug-likeness (QED) is 0.813. The van der Waals surface area contributed by atoms with Crippen molar-refractivity contribution >= 4 is 31.9 Å². The Morgan fingerprint density at radius 2 is 2.18 bits per heavy atom. The highest BCUT2D eigenvalue weighted by Crippen LogP contribution is 2.19. The van der Waals surface area contributed by atoms with Crippen LogP contribution in [0.25, 0.3) is 0 Å². The van der Waals surface area contributed by atoms with Crippen LogP contribution >= 0.6 is 31.9 Å². The second-order valence-corrected chi connectivity index (χ2v) is 6.20. The maximum atomic E-state index is 10.0. The molecule has 1 aromatic heterocycles. The zero-order valence-electron chi connectivity index (χ0n) is 10.1. The van der Waals surface area contributed by atoms with Gasteiger partial charge in [0.25, 0.3) is 0 Å². The van der Waals surface area contributed by atoms with Crippen molar-refractivity contribution in [2.24, 2.45) is 0 Å². The van der Waals surface area contributed by atoms with Gasteiger partial charge in [-0.15, -0.1) is 0 Å². The smallest absolute Gasteiger partial charge is 0.0743 e. The Kier molecular flexibility index (Phi) is 6.06. The SMILES string of the molecule is CCCC(C)(O)CNCc1ncc(Br)cc1Br. The summed E-state index contributed by atoms with van der Waals surface area (Å²) >= 11 is 6.83. The third-order valence-corrected chi connectivity index (χ3v) is 3.59. The van der Waals surface area contributed by atoms with Crippen LogP contribution in [0.15, 0.2) is 21.2 Å². The van der Waals surface area contributed by atoms with Crippen LogP contribution in [-0.4, -0.2) is 22.2 Å². The highest BCUT2D eigenvalue weighted by Gasteiger charge is 2.18. The Morgan fingerprint density at radius 1 is 1.47 bits per heavy atom. The van der Waals surface area contributed by atoms with Gasteiger partial charge in [0.15, 0.2) is 0 Å². The topological polar surface area (TPSA) is 45.1 Å². The van der Waals surface area contributed by atoms with Crippen LogP contribution in [0.5, 0.6) is 0 Å². The number of rotatable bonds is 6. The molecule has 0 spiro atoms. The third-order valence-electron chi connectivity index (χ3n) is 2.47. The lowest BCUT2D eigenvalue weighted by molar-refractivity contribution is 0.0497. The summed E-state index contributed by atoms with van der Waals surface area (Å²) in [4.78, 5) is 4.31. The fourth-order valence-corrected chi connectivity index (χ4v) is 2.78. The van der Waals surface area contributed by atoms with E-state index < -0.39 is 5.60 Å². The number of hydrogen-bond donors (Lipinski definition) is 2. The highest BCUT2D eigenvalue weighted by atomic mass is 79.9. The molecule has 0 amide bonds. The normalized spacial score (nSPS) is 14.6. The van der Waals surface area contributed by atoms with Crippen LogP contribution in [-0.2, 0) is 6.54 Å². The van der Waals surface area contributed by atoms with Crippen molar-refractivity contribution in [3.63, 3.8) is 0 Å². The van der Waals surface area contributed by atoms with Crippen molar-refractivity contribution < 1.29 is 5.11 Å². The van der Waals surface area contributed by atoms with E-state index >= 15 is 0 Å². The molecule has 1 rings (SSSR count). The van der Waals surface area contributed by atoms with E-state index in [0.29, 0.717) is 13.1 Å². The first-order valence-electron chi connectivity index (χ1n) is 5.67. The number of hydrogen-bond acceptors (Lipinski definition) is 3. The molecule has 0 bridgehead atoms. The number of aliphatic hydroxyl groups is 1. The van der Waals surface area contributed by atoms with Crippen molar-refractivity contribution in [2.75, 3.05) is 6.54 Å². The minimum Gasteiger partial charge on any atom is -0.389 e. The summed E-state index contributed by atoms with van der Waals surface area (Å²) in [5.74, 6) is 0. The zero-order chi connectivity index (χ0) is 12.9. The Labute approximate surface area is 119 Å². The molecule has 17 heavy (non-hydrogen) atoms. The van der Waals surface area contributed by atoms with Crippen molar-refractivity contribution in [3.8, 4) is 0 Å². The summed E-state index contributed by atoms with van der Waals surface area (Å²) in [6.45, 7) is 5.15. The van der Waals surface area contributed by atoms with Gasteiger partial charge in [-0.25, -0.2) is 0 Å². The van der Waals surface area contributed by atoms with Gasteiger partial charge < -0.3 is 10.4 Å². The second-order valence-electron chi connectivity index (χ2n) is 4.43. The summed E-state index contributed by atoms with van der Waals surface area (Å²) in [6, 6.07) is 1.97. The predicted molar refractivity (Wildman–Crippen MR) is 76.9 cm³/mol. The molecule has 3 nitrogen and oxygen atoms in total. The first-order chi connectivity index (χ1) is 7.94. The van der Waals surface area contributed by atoms with Crippen LogP contribution in [0.2, 0.25) is 0 Å². The molecule has 1 heterocycles. The lowest BCUT2D eigenvalue weighted by atomic mass is 10.0. The van der Waals surface area contributed by atoms with Crippen LogP contribution < -0.4 is 5.32 Å². The third kappa shape index (κ3) is 5.46. The van der Waals surface area contributed by atoms with Gasteiger partial charge in [0.05, 0.1) is 11.3 Å². The minimum absolute atomic E-state index is 0.574. The molecule has 0 aliphatic carbocycles. The Hall–Kier alpha value is 0.0300. The maximum absolute atomic E-state index is 10.0. The molecule has 0 fully saturated rings. The summed E-state index contributed by atoms with van der Waals surface area (Å²) in [7, 11) is 0. The minimum atomic E-state index is -0.642. The summed E-state index contributed by atoms with van der Waals surface area (Å²) in [5.41, 5.74) is 0.303. The van der Waals surface area contributed by atoms with E-state index in [1.807, 2.05) is 13.0 Å². The number of aromatic nitrogens is 1. The molecule has 1 unspecified atom stereocenters. The molecule has 0 radical (unpaired) electrons. The number of pyridine rings is 1. The molecule has 0 aliphatic rings. The lowest BCUT2D eigenvalue weighted by Crippen LogP contribution is -2.37. The van der Waals surface area contributed by atoms with Crippen molar-refractivity contribution in [1.82, 2.24) is 10.3 Å². The van der Waals surface area contributed by atoms with Crippen molar-refractivity contribution in [2.45, 2.75) is 38.8 Å². The molecular formula is C12H18Br2N2O. The number of nitrogens with one attached hydrogen (secondary N) is 1. The maximum Gasteiger partial charge on any atom is 0.0743 e. The standard InChI is InChI=1S/C12H18Br2N2O/c1-3-4-12(2,17)8-15-7-11-10(14)5-9(13)6-16-11/h5-6,15,17H,3-4,7-8H2,1-2H3. The van der Waals surface area contributed by atoms with E-state index in [2.05, 4.69) is 49.1 Å². The molecule has 0 aliphatic heterocycles. The highest BCUT2D eigenvalue weighted by molar-refractivity contribution is 9.11. The van der Waals surface area contributed by atoms with Gasteiger partial charge in [-0.1, -0.05) is 13.3 Å². The van der Waals surface area contributed by atoms with E-state index in [-0.39, 0.29) is 0 Å². The second kappa shape index (κ2) is 6.83. The predicted octanol–water partition coefficient (Wildman–Crippen LogP) is 3.25. The molecule has 1 aromatic rings. The van der Waals surface area contributed by atoms with E-state index in [9.17, 15) is 5.11 Å². The summed E-state index contributed by atoms with van der Waals surface area (Å²) < 4.78 is 1.92. The fraction of sp³-hybridized carbons (Fsp3) is 0.583. The van der Waals surface area contributed by atoms with Crippen LogP contribution in [0, 0.1) is 0 Å². The first kappa shape index (κ1) is 15.1. The van der Waals surface area contributed by atoms with Crippen molar-refractivity contribution in [1.29, 1.82) is 0 Å². The monoisotopic (exact) mass is 364 g/mol. The fourth-order valence-electron chi connectivity index (χ4n) is 1.65. The van der Waals surface area contributed by atoms with Gasteiger partial charge in [-0.2, -0.15) is 0 Å². The van der Waals surface area contributed by atoms with E-state index in [4.69, 9.17) is 0 Å². The summed E-state index contributed by atoms with van der Waals surface area (Å²) in [5, 5.41) is 13.2. The lowest BCUT2D eigenvalue weighted by Gasteiger charge is -2.23. The average Bonchev–Trinajstić information content (AvgIpc) is 2.21. The molecule has 0 saturated carbocycles. The van der Waals surface area contributed by atoms with E-state index in [1.54, 1.807) is 6.20 Å². The Morgan fingerprint density at radius 3 is 2.76 bits per heavy atom. The van der Waals surface area contributed by atoms with Gasteiger partial charge in [-0.3, -0.25) is 4.98 Å². The van der Waals surface area contributed by atoms with Gasteiger partial charge in [0, 0.05) is 28.2 Å². The number of halogens is 2. The van der Waals surface area contributed by atoms with E-state index in [1.165, 1.54) is 0 Å². The molecule has 2 N–H and O–H groups in total. The van der Waals surface area contributed by atoms with Gasteiger partial charge in [0.1, 0.15) is 0 Å². The molecule has 96 valence electrons. The van der Waals surface area contributed by atoms with Gasteiger partial charge in [-0.05, 0) is 51.3 Å². The molecule has 0 saturated heterocycles. The first-order valence-corrected chi connectivity index (χ1v) is 7.26. The Bertz CT molecular complexity index is 370. The summed E-state index contributed by atoms with van der Waals surface area (Å²) in [6.07, 6.45) is 3.55. The average molecular weight is 366 g/mol. The number of nitrogens with zero attached hydrogens (tertiary/aromatic N) is 1. The van der Waals surface area contributed by atoms with Crippen LogP contribution in [0.1, 0.15) is 32.4 Å². The molecule has 1 atom stereocenters. The largest absolute Gasteiger partial charge is 0.389 e. The van der Waals surface area contributed by atoms with Gasteiger partial charge in [0.2, 0.25) is 0 Å². The van der Waals surface area contributed by atoms with Crippen molar-refractivity contribution in [3.05, 3.63) is 26.9 Å². The molecule has 5 heteroatoms. The van der Waals surface area contributed by atoms with Crippen LogP contribution in [0.4, 0.5) is 0 Å². The van der Waals surface area contributed by atoms with E-state index in [0.717, 1.165) is 27.5 Å². The molecule has 0 aromatic carbocycles. The zero-order valence-corrected chi connectivity index (χ0v) is 13.3. The molecular weight excluding hydrogens is 348 g/mol. The van der Waals surface area contributed by atoms with Gasteiger partial charge >= 0.3 is 0 Å². The van der Waals surface area contributed by atoms with Crippen LogP contribution in [0.3, 0.4) is 0 Å². The Balaban J connectivity index is 2.46.